The molecule has 19 heavy (non-hydrogen) atoms. The largest absolute Gasteiger partial charge is 0.412 e. The number of hydrogen-bond donors (Lipinski definition) is 3. The lowest BCUT2D eigenvalue weighted by Crippen LogP contribution is -2.06. The van der Waals surface area contributed by atoms with Gasteiger partial charge in [-0.15, -0.1) is 11.8 Å². The summed E-state index contributed by atoms with van der Waals surface area (Å²) in [5, 5.41) is 10.6. The highest BCUT2D eigenvalue weighted by Gasteiger charge is 2.15. The molecule has 9 nitrogen and oxygen atoms in total. The fourth-order valence-electron chi connectivity index (χ4n) is 1.14. The van der Waals surface area contributed by atoms with Crippen LogP contribution in [0.4, 0.5) is 17.1 Å². The van der Waals surface area contributed by atoms with Gasteiger partial charge in [0.25, 0.3) is 15.8 Å². The van der Waals surface area contributed by atoms with Crippen LogP contribution in [0.1, 0.15) is 0 Å². The van der Waals surface area contributed by atoms with Crippen LogP contribution in [0.2, 0.25) is 0 Å². The second kappa shape index (κ2) is 6.56. The minimum Gasteiger partial charge on any atom is -0.412 e. The third-order valence-corrected chi connectivity index (χ3v) is 4.01. The normalized spacial score (nSPS) is 10.8. The fraction of sp³-hybridized carbons (Fsp3) is 0.250. The first-order valence-corrected chi connectivity index (χ1v) is 7.21. The van der Waals surface area contributed by atoms with Crippen molar-refractivity contribution in [2.75, 3.05) is 23.0 Å². The zero-order chi connectivity index (χ0) is 13.9. The maximum Gasteiger partial charge on any atom is 0.294 e. The van der Waals surface area contributed by atoms with Gasteiger partial charge in [-0.05, 0) is 6.07 Å². The van der Waals surface area contributed by atoms with E-state index in [1.807, 2.05) is 0 Å². The van der Waals surface area contributed by atoms with Crippen molar-refractivity contribution in [1.82, 2.24) is 0 Å². The maximum atomic E-state index is 10.6. The predicted octanol–water partition coefficient (Wildman–Crippen LogP) is -0.0856. The monoisotopic (exact) mass is 311 g/mol. The van der Waals surface area contributed by atoms with Crippen LogP contribution in [-0.2, 0) is 10.1 Å². The molecular formula is C8H13N3O6S2. The van der Waals surface area contributed by atoms with Crippen molar-refractivity contribution in [2.24, 2.45) is 0 Å². The predicted molar refractivity (Wildman–Crippen MR) is 72.7 cm³/mol. The second-order valence-electron chi connectivity index (χ2n) is 3.34. The summed E-state index contributed by atoms with van der Waals surface area (Å²) in [6, 6.07) is 2.42. The lowest BCUT2D eigenvalue weighted by Gasteiger charge is -2.06. The van der Waals surface area contributed by atoms with Crippen molar-refractivity contribution >= 4 is 38.9 Å². The van der Waals surface area contributed by atoms with Gasteiger partial charge < -0.3 is 16.9 Å². The summed E-state index contributed by atoms with van der Waals surface area (Å²) in [6.07, 6.45) is 0. The van der Waals surface area contributed by atoms with Crippen molar-refractivity contribution in [2.45, 2.75) is 4.90 Å². The van der Waals surface area contributed by atoms with E-state index in [9.17, 15) is 18.5 Å². The first-order valence-electron chi connectivity index (χ1n) is 4.62. The molecule has 7 N–H and O–H groups in total. The Morgan fingerprint density at radius 3 is 2.37 bits per heavy atom. The Hall–Kier alpha value is -1.56. The Kier molecular flexibility index (Phi) is 6.02. The highest BCUT2D eigenvalue weighted by Crippen LogP contribution is 2.33. The molecule has 11 heteroatoms. The van der Waals surface area contributed by atoms with Crippen LogP contribution in [0.5, 0.6) is 0 Å². The van der Waals surface area contributed by atoms with E-state index in [2.05, 4.69) is 0 Å². The van der Waals surface area contributed by atoms with Crippen LogP contribution in [0.15, 0.2) is 17.0 Å². The van der Waals surface area contributed by atoms with Crippen molar-refractivity contribution in [1.29, 1.82) is 0 Å². The van der Waals surface area contributed by atoms with Crippen molar-refractivity contribution in [3.05, 3.63) is 22.2 Å². The van der Waals surface area contributed by atoms with Crippen LogP contribution in [-0.4, -0.2) is 34.9 Å². The second-order valence-corrected chi connectivity index (χ2v) is 6.05. The number of nitrogens with two attached hydrogens (primary N) is 2. The molecule has 0 bridgehead atoms. The van der Waals surface area contributed by atoms with Crippen LogP contribution in [0, 0.1) is 10.1 Å². The topological polar surface area (TPSA) is 181 Å². The molecule has 0 atom stereocenters. The third kappa shape index (κ3) is 5.30. The quantitative estimate of drug-likeness (QED) is 0.222. The van der Waals surface area contributed by atoms with Gasteiger partial charge in [0, 0.05) is 16.7 Å². The highest BCUT2D eigenvalue weighted by molar-refractivity contribution is 8.00. The molecular weight excluding hydrogens is 298 g/mol. The number of benzene rings is 1. The molecule has 0 amide bonds. The summed E-state index contributed by atoms with van der Waals surface area (Å²) in [5.41, 5.74) is 10.8. The lowest BCUT2D eigenvalue weighted by atomic mass is 10.2. The lowest BCUT2D eigenvalue weighted by molar-refractivity contribution is -0.383. The van der Waals surface area contributed by atoms with Gasteiger partial charge in [0.15, 0.2) is 0 Å². The average Bonchev–Trinajstić information content (AvgIpc) is 2.20. The average molecular weight is 311 g/mol. The molecule has 0 fully saturated rings. The molecule has 0 aromatic heterocycles. The molecule has 0 heterocycles. The molecule has 1 rings (SSSR count). The van der Waals surface area contributed by atoms with Gasteiger partial charge in [0.1, 0.15) is 5.69 Å². The van der Waals surface area contributed by atoms with E-state index >= 15 is 0 Å². The van der Waals surface area contributed by atoms with E-state index in [0.717, 1.165) is 17.8 Å². The Morgan fingerprint density at radius 2 is 1.89 bits per heavy atom. The Bertz CT molecular complexity index is 574. The van der Waals surface area contributed by atoms with Crippen molar-refractivity contribution < 1.29 is 23.4 Å². The zero-order valence-electron chi connectivity index (χ0n) is 9.57. The van der Waals surface area contributed by atoms with Crippen LogP contribution in [0.25, 0.3) is 0 Å². The first kappa shape index (κ1) is 17.4. The maximum absolute atomic E-state index is 10.6. The van der Waals surface area contributed by atoms with E-state index < -0.39 is 20.8 Å². The molecule has 0 aliphatic rings. The SMILES string of the molecule is Nc1cc([N+](=O)[O-])c(N)cc1SCCS(=O)(=O)O.O. The van der Waals surface area contributed by atoms with E-state index in [1.54, 1.807) is 0 Å². The van der Waals surface area contributed by atoms with Gasteiger partial charge in [-0.25, -0.2) is 0 Å². The number of nitrogen functional groups attached to an aromatic ring is 2. The number of nitrogens with zero attached hydrogens (tertiary/aromatic N) is 1. The molecule has 1 aromatic carbocycles. The Morgan fingerprint density at radius 1 is 1.32 bits per heavy atom. The molecule has 0 spiro atoms. The van der Waals surface area contributed by atoms with E-state index in [1.165, 1.54) is 6.07 Å². The molecule has 0 unspecified atom stereocenters. The number of hydrogen-bond acceptors (Lipinski definition) is 7. The Labute approximate surface area is 113 Å². The summed E-state index contributed by atoms with van der Waals surface area (Å²) in [5.74, 6) is -0.367. The molecule has 0 saturated carbocycles. The fourth-order valence-corrected chi connectivity index (χ4v) is 2.97. The van der Waals surface area contributed by atoms with Gasteiger partial charge in [0.05, 0.1) is 16.4 Å². The highest BCUT2D eigenvalue weighted by atomic mass is 32.2. The first-order chi connectivity index (χ1) is 8.20. The summed E-state index contributed by atoms with van der Waals surface area (Å²) < 4.78 is 29.6. The number of rotatable bonds is 5. The molecule has 108 valence electrons. The molecule has 0 aliphatic carbocycles. The van der Waals surface area contributed by atoms with Crippen molar-refractivity contribution in [3.8, 4) is 0 Å². The van der Waals surface area contributed by atoms with Gasteiger partial charge in [-0.2, -0.15) is 8.42 Å². The minimum atomic E-state index is -4.04. The standard InChI is InChI=1S/C8H11N3O5S2.H2O/c9-5-4-8(17-1-2-18(14,15)16)6(10)3-7(5)11(12)13;/h3-4H,1-2,9-10H2,(H,14,15,16);1H2. The van der Waals surface area contributed by atoms with Crippen LogP contribution >= 0.6 is 11.8 Å². The summed E-state index contributed by atoms with van der Waals surface area (Å²) in [4.78, 5) is 10.4. The molecule has 1 aromatic rings. The smallest absolute Gasteiger partial charge is 0.294 e. The van der Waals surface area contributed by atoms with Crippen LogP contribution < -0.4 is 11.5 Å². The van der Waals surface area contributed by atoms with Gasteiger partial charge in [-0.1, -0.05) is 0 Å². The summed E-state index contributed by atoms with van der Waals surface area (Å²) in [7, 11) is -4.04. The van der Waals surface area contributed by atoms with E-state index in [4.69, 9.17) is 16.0 Å². The molecule has 0 radical (unpaired) electrons. The number of nitro groups is 1. The van der Waals surface area contributed by atoms with Crippen molar-refractivity contribution in [3.63, 3.8) is 0 Å². The van der Waals surface area contributed by atoms with E-state index in [-0.39, 0.29) is 28.3 Å². The van der Waals surface area contributed by atoms with E-state index in [0.29, 0.717) is 4.90 Å². The number of thioether (sulfide) groups is 1. The minimum absolute atomic E-state index is 0. The van der Waals surface area contributed by atoms with Gasteiger partial charge >= 0.3 is 0 Å². The molecule has 0 saturated heterocycles. The Balaban J connectivity index is 0.00000324. The number of nitro benzene ring substituents is 1. The van der Waals surface area contributed by atoms with Gasteiger partial charge in [0.2, 0.25) is 0 Å². The van der Waals surface area contributed by atoms with Gasteiger partial charge in [-0.3, -0.25) is 14.7 Å². The molecule has 0 aliphatic heterocycles. The number of anilines is 2. The summed E-state index contributed by atoms with van der Waals surface area (Å²) >= 11 is 1.04. The third-order valence-electron chi connectivity index (χ3n) is 1.95. The van der Waals surface area contributed by atoms with Crippen LogP contribution in [0.3, 0.4) is 0 Å². The zero-order valence-corrected chi connectivity index (χ0v) is 11.2. The summed E-state index contributed by atoms with van der Waals surface area (Å²) in [6.45, 7) is 0.